The highest BCUT2D eigenvalue weighted by atomic mass is 35.5. The molecule has 0 saturated carbocycles. The lowest BCUT2D eigenvalue weighted by atomic mass is 10.1. The number of hydrogen-bond acceptors (Lipinski definition) is 6. The number of amides is 2. The van der Waals surface area contributed by atoms with Gasteiger partial charge in [-0.05, 0) is 48.5 Å². The van der Waals surface area contributed by atoms with Crippen LogP contribution in [0.4, 0.5) is 10.1 Å². The number of fused-ring (bicyclic) bond motifs is 1. The molecule has 5 N–H and O–H groups in total. The zero-order chi connectivity index (χ0) is 24.6. The minimum atomic E-state index is -1.08. The molecular formula is C22H17ClFN5O4S. The summed E-state index contributed by atoms with van der Waals surface area (Å²) in [5.74, 6) is -2.00. The van der Waals surface area contributed by atoms with E-state index < -0.39 is 34.9 Å². The Hall–Kier alpha value is -3.96. The first-order valence-corrected chi connectivity index (χ1v) is 11.0. The molecule has 4 rings (SSSR count). The first-order valence-electron chi connectivity index (χ1n) is 9.81. The Morgan fingerprint density at radius 2 is 1.85 bits per heavy atom. The third kappa shape index (κ3) is 4.30. The highest BCUT2D eigenvalue weighted by molar-refractivity contribution is 7.16. The smallest absolute Gasteiger partial charge is 0.333 e. The predicted octanol–water partition coefficient (Wildman–Crippen LogP) is 2.53. The van der Waals surface area contributed by atoms with E-state index >= 15 is 0 Å². The van der Waals surface area contributed by atoms with Crippen molar-refractivity contribution in [3.05, 3.63) is 90.0 Å². The summed E-state index contributed by atoms with van der Waals surface area (Å²) in [5.41, 5.74) is 4.60. The summed E-state index contributed by atoms with van der Waals surface area (Å²) in [6.45, 7) is 0. The van der Waals surface area contributed by atoms with Gasteiger partial charge in [0.25, 0.3) is 11.5 Å². The molecule has 2 aromatic carbocycles. The van der Waals surface area contributed by atoms with Crippen LogP contribution in [0.3, 0.4) is 0 Å². The summed E-state index contributed by atoms with van der Waals surface area (Å²) >= 11 is 7.01. The van der Waals surface area contributed by atoms with Gasteiger partial charge in [0.05, 0.1) is 26.6 Å². The second-order valence-electron chi connectivity index (χ2n) is 7.20. The SMILES string of the molecule is CNc1cc2[nH]c(=O)n(-c3ccc(C(=O)NC(C(N)=O)c4ccc(Cl)s4)cc3)c(=O)c2cc1F. The van der Waals surface area contributed by atoms with E-state index in [1.807, 2.05) is 0 Å². The zero-order valence-corrected chi connectivity index (χ0v) is 19.1. The number of carbonyl (C=O) groups is 2. The minimum Gasteiger partial charge on any atom is -0.386 e. The highest BCUT2D eigenvalue weighted by Crippen LogP contribution is 2.27. The fraction of sp³-hybridized carbons (Fsp3) is 0.0909. The number of aromatic nitrogens is 2. The maximum absolute atomic E-state index is 14.2. The second-order valence-corrected chi connectivity index (χ2v) is 8.94. The van der Waals surface area contributed by atoms with Crippen LogP contribution >= 0.6 is 22.9 Å². The van der Waals surface area contributed by atoms with Gasteiger partial charge in [-0.1, -0.05) is 11.6 Å². The lowest BCUT2D eigenvalue weighted by Crippen LogP contribution is -2.37. The largest absolute Gasteiger partial charge is 0.386 e. The molecule has 0 radical (unpaired) electrons. The normalized spacial score (nSPS) is 11.9. The number of primary amides is 1. The third-order valence-corrected chi connectivity index (χ3v) is 6.38. The van der Waals surface area contributed by atoms with Crippen molar-refractivity contribution in [3.8, 4) is 5.69 Å². The van der Waals surface area contributed by atoms with Crippen molar-refractivity contribution in [2.45, 2.75) is 6.04 Å². The number of aromatic amines is 1. The molecule has 174 valence electrons. The molecule has 0 bridgehead atoms. The van der Waals surface area contributed by atoms with Crippen molar-refractivity contribution in [3.63, 3.8) is 0 Å². The van der Waals surface area contributed by atoms with Crippen molar-refractivity contribution in [2.24, 2.45) is 5.73 Å². The van der Waals surface area contributed by atoms with Gasteiger partial charge >= 0.3 is 5.69 Å². The number of nitrogens with zero attached hydrogens (tertiary/aromatic N) is 1. The summed E-state index contributed by atoms with van der Waals surface area (Å²) in [6, 6.07) is 10.0. The lowest BCUT2D eigenvalue weighted by molar-refractivity contribution is -0.119. The Morgan fingerprint density at radius 1 is 1.15 bits per heavy atom. The van der Waals surface area contributed by atoms with Gasteiger partial charge in [-0.3, -0.25) is 14.4 Å². The van der Waals surface area contributed by atoms with E-state index in [2.05, 4.69) is 15.6 Å². The Bertz CT molecular complexity index is 1540. The standard InChI is InChI=1S/C22H17ClFN5O4S/c1-26-15-9-14-12(8-13(15)24)21(32)29(22(33)27-14)11-4-2-10(3-5-11)20(31)28-18(19(25)30)16-6-7-17(23)34-16/h2-9,18,26H,1H3,(H2,25,30)(H,27,33)(H,28,31). The van der Waals surface area contributed by atoms with Gasteiger partial charge in [-0.2, -0.15) is 0 Å². The van der Waals surface area contributed by atoms with E-state index in [9.17, 15) is 23.6 Å². The van der Waals surface area contributed by atoms with Gasteiger partial charge in [-0.15, -0.1) is 11.3 Å². The van der Waals surface area contributed by atoms with Gasteiger partial charge in [-0.25, -0.2) is 13.8 Å². The molecule has 1 unspecified atom stereocenters. The van der Waals surface area contributed by atoms with Crippen LogP contribution in [0.2, 0.25) is 4.34 Å². The topological polar surface area (TPSA) is 139 Å². The summed E-state index contributed by atoms with van der Waals surface area (Å²) in [5, 5.41) is 5.17. The molecule has 12 heteroatoms. The van der Waals surface area contributed by atoms with Crippen molar-refractivity contribution >= 4 is 51.3 Å². The first-order chi connectivity index (χ1) is 16.2. The number of anilines is 1. The molecule has 0 spiro atoms. The van der Waals surface area contributed by atoms with Gasteiger partial charge in [0.15, 0.2) is 0 Å². The molecule has 0 aliphatic heterocycles. The molecule has 0 fully saturated rings. The summed E-state index contributed by atoms with van der Waals surface area (Å²) in [4.78, 5) is 53.0. The van der Waals surface area contributed by atoms with Gasteiger partial charge in [0.2, 0.25) is 5.91 Å². The number of benzene rings is 2. The van der Waals surface area contributed by atoms with E-state index in [4.69, 9.17) is 17.3 Å². The summed E-state index contributed by atoms with van der Waals surface area (Å²) < 4.78 is 15.4. The maximum Gasteiger partial charge on any atom is 0.333 e. The van der Waals surface area contributed by atoms with Crippen LogP contribution in [0.15, 0.2) is 58.1 Å². The summed E-state index contributed by atoms with van der Waals surface area (Å²) in [6.07, 6.45) is 0. The van der Waals surface area contributed by atoms with Crippen LogP contribution in [0.1, 0.15) is 21.3 Å². The number of hydrogen-bond donors (Lipinski definition) is 4. The van der Waals surface area contributed by atoms with E-state index in [-0.39, 0.29) is 27.8 Å². The number of nitrogens with one attached hydrogen (secondary N) is 3. The third-order valence-electron chi connectivity index (χ3n) is 5.08. The van der Waals surface area contributed by atoms with Crippen molar-refractivity contribution in [1.29, 1.82) is 0 Å². The number of thiophene rings is 1. The van der Waals surface area contributed by atoms with E-state index in [0.29, 0.717) is 9.21 Å². The van der Waals surface area contributed by atoms with Crippen LogP contribution in [0, 0.1) is 5.82 Å². The van der Waals surface area contributed by atoms with Crippen LogP contribution in [0.25, 0.3) is 16.6 Å². The van der Waals surface area contributed by atoms with E-state index in [0.717, 1.165) is 22.0 Å². The average Bonchev–Trinajstić information content (AvgIpc) is 3.23. The van der Waals surface area contributed by atoms with Gasteiger partial charge < -0.3 is 21.4 Å². The Morgan fingerprint density at radius 3 is 2.44 bits per heavy atom. The fourth-order valence-corrected chi connectivity index (χ4v) is 4.53. The van der Waals surface area contributed by atoms with Crippen LogP contribution in [-0.4, -0.2) is 28.4 Å². The highest BCUT2D eigenvalue weighted by Gasteiger charge is 2.23. The van der Waals surface area contributed by atoms with Crippen LogP contribution < -0.4 is 27.6 Å². The molecule has 2 amide bonds. The monoisotopic (exact) mass is 501 g/mol. The Kier molecular flexibility index (Phi) is 6.22. The molecule has 2 heterocycles. The number of rotatable bonds is 6. The number of halogens is 2. The number of H-pyrrole nitrogens is 1. The molecule has 1 atom stereocenters. The van der Waals surface area contributed by atoms with Crippen molar-refractivity contribution < 1.29 is 14.0 Å². The van der Waals surface area contributed by atoms with Crippen molar-refractivity contribution in [2.75, 3.05) is 12.4 Å². The Balaban J connectivity index is 1.66. The fourth-order valence-electron chi connectivity index (χ4n) is 3.41. The molecule has 2 aromatic heterocycles. The maximum atomic E-state index is 14.2. The predicted molar refractivity (Wildman–Crippen MR) is 128 cm³/mol. The second kappa shape index (κ2) is 9.12. The van der Waals surface area contributed by atoms with Crippen molar-refractivity contribution in [1.82, 2.24) is 14.9 Å². The lowest BCUT2D eigenvalue weighted by Gasteiger charge is -2.14. The molecule has 0 aliphatic rings. The molecule has 4 aromatic rings. The molecule has 0 aliphatic carbocycles. The zero-order valence-electron chi connectivity index (χ0n) is 17.5. The molecule has 34 heavy (non-hydrogen) atoms. The molecule has 9 nitrogen and oxygen atoms in total. The van der Waals surface area contributed by atoms with E-state index in [1.54, 1.807) is 12.1 Å². The Labute approximate surface area is 200 Å². The van der Waals surface area contributed by atoms with Crippen LogP contribution in [-0.2, 0) is 4.79 Å². The molecule has 0 saturated heterocycles. The average molecular weight is 502 g/mol. The van der Waals surface area contributed by atoms with Gasteiger partial charge in [0, 0.05) is 17.5 Å². The van der Waals surface area contributed by atoms with E-state index in [1.165, 1.54) is 37.4 Å². The first kappa shape index (κ1) is 23.2. The quantitative estimate of drug-likeness (QED) is 0.321. The molecular weight excluding hydrogens is 485 g/mol. The number of carbonyl (C=O) groups excluding carboxylic acids is 2. The van der Waals surface area contributed by atoms with Crippen LogP contribution in [0.5, 0.6) is 0 Å². The minimum absolute atomic E-state index is 0.0168. The van der Waals surface area contributed by atoms with Gasteiger partial charge in [0.1, 0.15) is 11.9 Å². The number of nitrogens with two attached hydrogens (primary N) is 1. The summed E-state index contributed by atoms with van der Waals surface area (Å²) in [7, 11) is 1.52.